The van der Waals surface area contributed by atoms with Gasteiger partial charge in [0.15, 0.2) is 0 Å². The molecule has 1 rings (SSSR count). The first kappa shape index (κ1) is 15.9. The topological polar surface area (TPSA) is 30.5 Å². The third-order valence-electron chi connectivity index (χ3n) is 3.76. The van der Waals surface area contributed by atoms with Crippen LogP contribution in [0.3, 0.4) is 0 Å². The summed E-state index contributed by atoms with van der Waals surface area (Å²) in [4.78, 5) is 0. The predicted molar refractivity (Wildman–Crippen MR) is 75.9 cm³/mol. The summed E-state index contributed by atoms with van der Waals surface area (Å²) in [7, 11) is 1.75. The highest BCUT2D eigenvalue weighted by atomic mass is 16.5. The molecular weight excluding hydrogens is 226 g/mol. The van der Waals surface area contributed by atoms with Crippen molar-refractivity contribution in [1.82, 2.24) is 5.32 Å². The second kappa shape index (κ2) is 8.13. The molecule has 0 aromatic rings. The summed E-state index contributed by atoms with van der Waals surface area (Å²) in [5, 5.41) is 3.49. The maximum Gasteiger partial charge on any atom is 0.0631 e. The SMILES string of the molecule is CCCC(CNCCOC)CC1CCC(C)(C)O1. The lowest BCUT2D eigenvalue weighted by molar-refractivity contribution is -0.0249. The summed E-state index contributed by atoms with van der Waals surface area (Å²) in [5.74, 6) is 0.741. The summed E-state index contributed by atoms with van der Waals surface area (Å²) < 4.78 is 11.2. The van der Waals surface area contributed by atoms with Crippen LogP contribution in [0.1, 0.15) is 52.9 Å². The van der Waals surface area contributed by atoms with Gasteiger partial charge in [-0.25, -0.2) is 0 Å². The van der Waals surface area contributed by atoms with Crippen LogP contribution in [-0.2, 0) is 9.47 Å². The summed E-state index contributed by atoms with van der Waals surface area (Å²) >= 11 is 0. The zero-order chi connectivity index (χ0) is 13.4. The van der Waals surface area contributed by atoms with Gasteiger partial charge in [0.2, 0.25) is 0 Å². The van der Waals surface area contributed by atoms with Gasteiger partial charge in [-0.15, -0.1) is 0 Å². The fourth-order valence-electron chi connectivity index (χ4n) is 2.81. The lowest BCUT2D eigenvalue weighted by Crippen LogP contribution is -2.29. The Kier molecular flexibility index (Phi) is 7.20. The predicted octanol–water partition coefficient (Wildman–Crippen LogP) is 2.99. The van der Waals surface area contributed by atoms with Gasteiger partial charge in [0, 0.05) is 13.7 Å². The first-order chi connectivity index (χ1) is 8.57. The molecule has 18 heavy (non-hydrogen) atoms. The highest BCUT2D eigenvalue weighted by molar-refractivity contribution is 4.82. The Bertz CT molecular complexity index is 219. The van der Waals surface area contributed by atoms with E-state index in [0.717, 1.165) is 25.6 Å². The lowest BCUT2D eigenvalue weighted by atomic mass is 9.94. The molecule has 2 unspecified atom stereocenters. The Hall–Kier alpha value is -0.120. The van der Waals surface area contributed by atoms with Gasteiger partial charge in [-0.1, -0.05) is 13.3 Å². The third-order valence-corrected chi connectivity index (χ3v) is 3.76. The van der Waals surface area contributed by atoms with E-state index in [0.29, 0.717) is 6.10 Å². The van der Waals surface area contributed by atoms with Gasteiger partial charge in [0.05, 0.1) is 18.3 Å². The van der Waals surface area contributed by atoms with Crippen LogP contribution in [0.4, 0.5) is 0 Å². The van der Waals surface area contributed by atoms with Gasteiger partial charge >= 0.3 is 0 Å². The van der Waals surface area contributed by atoms with Gasteiger partial charge < -0.3 is 14.8 Å². The van der Waals surface area contributed by atoms with Crippen LogP contribution in [0.15, 0.2) is 0 Å². The van der Waals surface area contributed by atoms with Crippen molar-refractivity contribution in [3.63, 3.8) is 0 Å². The number of rotatable bonds is 9. The normalized spacial score (nSPS) is 24.3. The maximum absolute atomic E-state index is 6.10. The summed E-state index contributed by atoms with van der Waals surface area (Å²) in [6.07, 6.45) is 6.66. The fourth-order valence-corrected chi connectivity index (χ4v) is 2.81. The van der Waals surface area contributed by atoms with Gasteiger partial charge in [-0.05, 0) is 52.0 Å². The van der Waals surface area contributed by atoms with E-state index in [-0.39, 0.29) is 5.60 Å². The van der Waals surface area contributed by atoms with Crippen molar-refractivity contribution in [3.05, 3.63) is 0 Å². The van der Waals surface area contributed by atoms with Crippen molar-refractivity contribution in [1.29, 1.82) is 0 Å². The molecule has 1 aliphatic rings. The molecule has 1 saturated heterocycles. The van der Waals surface area contributed by atoms with Crippen LogP contribution < -0.4 is 5.32 Å². The maximum atomic E-state index is 6.10. The minimum absolute atomic E-state index is 0.102. The van der Waals surface area contributed by atoms with E-state index >= 15 is 0 Å². The fraction of sp³-hybridized carbons (Fsp3) is 1.00. The van der Waals surface area contributed by atoms with Crippen LogP contribution in [0, 0.1) is 5.92 Å². The smallest absolute Gasteiger partial charge is 0.0631 e. The molecular formula is C15H31NO2. The molecule has 0 aromatic carbocycles. The molecule has 0 spiro atoms. The Morgan fingerprint density at radius 2 is 2.22 bits per heavy atom. The molecule has 0 saturated carbocycles. The first-order valence-corrected chi connectivity index (χ1v) is 7.45. The molecule has 0 radical (unpaired) electrons. The van der Waals surface area contributed by atoms with Gasteiger partial charge in [0.25, 0.3) is 0 Å². The highest BCUT2D eigenvalue weighted by Gasteiger charge is 2.32. The molecule has 1 fully saturated rings. The number of hydrogen-bond acceptors (Lipinski definition) is 3. The first-order valence-electron chi connectivity index (χ1n) is 7.45. The van der Waals surface area contributed by atoms with E-state index in [2.05, 4.69) is 26.1 Å². The van der Waals surface area contributed by atoms with Crippen LogP contribution >= 0.6 is 0 Å². The van der Waals surface area contributed by atoms with Crippen LogP contribution in [-0.4, -0.2) is 38.5 Å². The Balaban J connectivity index is 2.24. The molecule has 0 bridgehead atoms. The van der Waals surface area contributed by atoms with Crippen molar-refractivity contribution in [2.24, 2.45) is 5.92 Å². The van der Waals surface area contributed by atoms with Gasteiger partial charge in [-0.3, -0.25) is 0 Å². The van der Waals surface area contributed by atoms with Crippen LogP contribution in [0.5, 0.6) is 0 Å². The van der Waals surface area contributed by atoms with E-state index in [1.54, 1.807) is 7.11 Å². The van der Waals surface area contributed by atoms with Gasteiger partial charge in [-0.2, -0.15) is 0 Å². The van der Waals surface area contributed by atoms with E-state index in [1.807, 2.05) is 0 Å². The molecule has 1 N–H and O–H groups in total. The Labute approximate surface area is 113 Å². The van der Waals surface area contributed by atoms with E-state index in [9.17, 15) is 0 Å². The second-order valence-electron chi connectivity index (χ2n) is 6.13. The second-order valence-corrected chi connectivity index (χ2v) is 6.13. The standard InChI is InChI=1S/C15H31NO2/c1-5-6-13(12-16-9-10-17-4)11-14-7-8-15(2,3)18-14/h13-14,16H,5-12H2,1-4H3. The average Bonchev–Trinajstić information content (AvgIpc) is 2.64. The molecule has 2 atom stereocenters. The third kappa shape index (κ3) is 6.17. The largest absolute Gasteiger partial charge is 0.383 e. The molecule has 3 nitrogen and oxygen atoms in total. The average molecular weight is 257 g/mol. The van der Waals surface area contributed by atoms with E-state index in [4.69, 9.17) is 9.47 Å². The Morgan fingerprint density at radius 3 is 2.78 bits per heavy atom. The molecule has 0 amide bonds. The van der Waals surface area contributed by atoms with E-state index < -0.39 is 0 Å². The zero-order valence-corrected chi connectivity index (χ0v) is 12.6. The van der Waals surface area contributed by atoms with Gasteiger partial charge in [0.1, 0.15) is 0 Å². The molecule has 1 heterocycles. The van der Waals surface area contributed by atoms with Crippen molar-refractivity contribution in [2.45, 2.75) is 64.6 Å². The summed E-state index contributed by atoms with van der Waals surface area (Å²) in [5.41, 5.74) is 0.102. The quantitative estimate of drug-likeness (QED) is 0.644. The molecule has 3 heteroatoms. The minimum atomic E-state index is 0.102. The molecule has 0 aliphatic carbocycles. The van der Waals surface area contributed by atoms with Crippen molar-refractivity contribution < 1.29 is 9.47 Å². The lowest BCUT2D eigenvalue weighted by Gasteiger charge is -2.23. The van der Waals surface area contributed by atoms with E-state index in [1.165, 1.54) is 32.1 Å². The summed E-state index contributed by atoms with van der Waals surface area (Å²) in [6.45, 7) is 9.52. The molecule has 108 valence electrons. The number of ether oxygens (including phenoxy) is 2. The number of nitrogens with one attached hydrogen (secondary N) is 1. The Morgan fingerprint density at radius 1 is 1.44 bits per heavy atom. The number of methoxy groups -OCH3 is 1. The number of hydrogen-bond donors (Lipinski definition) is 1. The highest BCUT2D eigenvalue weighted by Crippen LogP contribution is 2.33. The van der Waals surface area contributed by atoms with Crippen molar-refractivity contribution in [2.75, 3.05) is 26.8 Å². The zero-order valence-electron chi connectivity index (χ0n) is 12.6. The summed E-state index contributed by atoms with van der Waals surface area (Å²) in [6, 6.07) is 0. The van der Waals surface area contributed by atoms with Crippen molar-refractivity contribution in [3.8, 4) is 0 Å². The van der Waals surface area contributed by atoms with Crippen LogP contribution in [0.2, 0.25) is 0 Å². The van der Waals surface area contributed by atoms with Crippen molar-refractivity contribution >= 4 is 0 Å². The molecule has 1 aliphatic heterocycles. The monoisotopic (exact) mass is 257 g/mol. The minimum Gasteiger partial charge on any atom is -0.383 e. The molecule has 0 aromatic heterocycles. The van der Waals surface area contributed by atoms with Crippen LogP contribution in [0.25, 0.3) is 0 Å².